The van der Waals surface area contributed by atoms with Gasteiger partial charge in [-0.3, -0.25) is 9.48 Å². The van der Waals surface area contributed by atoms with E-state index >= 15 is 0 Å². The van der Waals surface area contributed by atoms with Crippen LogP contribution in [0.1, 0.15) is 26.3 Å². The van der Waals surface area contributed by atoms with Crippen molar-refractivity contribution in [3.63, 3.8) is 0 Å². The van der Waals surface area contributed by atoms with Crippen molar-refractivity contribution >= 4 is 5.91 Å². The molecule has 0 saturated carbocycles. The minimum atomic E-state index is -0.661. The van der Waals surface area contributed by atoms with Crippen molar-refractivity contribution < 1.29 is 9.90 Å². The first-order valence-corrected chi connectivity index (χ1v) is 6.97. The average molecular weight is 287 g/mol. The predicted octanol–water partition coefficient (Wildman–Crippen LogP) is 2.07. The highest BCUT2D eigenvalue weighted by Crippen LogP contribution is 2.25. The lowest BCUT2D eigenvalue weighted by Gasteiger charge is -2.26. The van der Waals surface area contributed by atoms with Gasteiger partial charge in [-0.1, -0.05) is 12.1 Å². The Morgan fingerprint density at radius 3 is 2.62 bits per heavy atom. The summed E-state index contributed by atoms with van der Waals surface area (Å²) < 4.78 is 1.79. The van der Waals surface area contributed by atoms with Crippen molar-refractivity contribution in [2.75, 3.05) is 0 Å². The summed E-state index contributed by atoms with van der Waals surface area (Å²) >= 11 is 0. The number of amides is 1. The molecule has 0 aliphatic rings. The molecule has 2 aromatic rings. The lowest BCUT2D eigenvalue weighted by atomic mass is 9.83. The molecule has 0 radical (unpaired) electrons. The van der Waals surface area contributed by atoms with Gasteiger partial charge < -0.3 is 10.4 Å². The SMILES string of the molecule is C[C@H](Cn1cccn1)NC(=O)C(C)(C)c1ccc(O)cc1. The molecule has 1 aromatic heterocycles. The van der Waals surface area contributed by atoms with Gasteiger partial charge >= 0.3 is 0 Å². The average Bonchev–Trinajstić information content (AvgIpc) is 2.91. The van der Waals surface area contributed by atoms with Crippen LogP contribution in [-0.4, -0.2) is 26.8 Å². The maximum atomic E-state index is 12.5. The molecule has 0 aliphatic heterocycles. The first kappa shape index (κ1) is 15.1. The zero-order valence-corrected chi connectivity index (χ0v) is 12.6. The Morgan fingerprint density at radius 2 is 2.05 bits per heavy atom. The molecule has 5 heteroatoms. The number of phenols is 1. The number of phenolic OH excluding ortho intramolecular Hbond substituents is 1. The second kappa shape index (κ2) is 5.99. The number of nitrogens with one attached hydrogen (secondary N) is 1. The molecule has 0 spiro atoms. The highest BCUT2D eigenvalue weighted by atomic mass is 16.3. The molecule has 2 N–H and O–H groups in total. The predicted molar refractivity (Wildman–Crippen MR) is 81.0 cm³/mol. The van der Waals surface area contributed by atoms with Crippen LogP contribution in [0.2, 0.25) is 0 Å². The summed E-state index contributed by atoms with van der Waals surface area (Å²) in [5.74, 6) is 0.148. The molecule has 21 heavy (non-hydrogen) atoms. The largest absolute Gasteiger partial charge is 0.508 e. The Morgan fingerprint density at radius 1 is 1.38 bits per heavy atom. The molecule has 0 fully saturated rings. The lowest BCUT2D eigenvalue weighted by molar-refractivity contribution is -0.126. The van der Waals surface area contributed by atoms with Crippen LogP contribution in [0, 0.1) is 0 Å². The van der Waals surface area contributed by atoms with E-state index in [0.29, 0.717) is 6.54 Å². The molecule has 0 aliphatic carbocycles. The number of hydrogen-bond donors (Lipinski definition) is 2. The summed E-state index contributed by atoms with van der Waals surface area (Å²) in [6.45, 7) is 6.32. The van der Waals surface area contributed by atoms with Gasteiger partial charge in [-0.2, -0.15) is 5.10 Å². The second-order valence-corrected chi connectivity index (χ2v) is 5.77. The molecule has 112 valence electrons. The molecular formula is C16H21N3O2. The zero-order chi connectivity index (χ0) is 15.5. The van der Waals surface area contributed by atoms with Crippen LogP contribution in [0.3, 0.4) is 0 Å². The lowest BCUT2D eigenvalue weighted by Crippen LogP contribution is -2.45. The molecule has 1 aromatic carbocycles. The Bertz CT molecular complexity index is 588. The van der Waals surface area contributed by atoms with Crippen LogP contribution in [0.4, 0.5) is 0 Å². The van der Waals surface area contributed by atoms with Gasteiger partial charge in [-0.25, -0.2) is 0 Å². The third-order valence-corrected chi connectivity index (χ3v) is 3.55. The van der Waals surface area contributed by atoms with Crippen LogP contribution < -0.4 is 5.32 Å². The fourth-order valence-corrected chi connectivity index (χ4v) is 2.15. The summed E-state index contributed by atoms with van der Waals surface area (Å²) in [5.41, 5.74) is 0.204. The molecule has 5 nitrogen and oxygen atoms in total. The van der Waals surface area contributed by atoms with E-state index in [2.05, 4.69) is 10.4 Å². The van der Waals surface area contributed by atoms with E-state index in [1.807, 2.05) is 33.0 Å². The van der Waals surface area contributed by atoms with Gasteiger partial charge in [0.25, 0.3) is 0 Å². The molecule has 0 bridgehead atoms. The number of nitrogens with zero attached hydrogens (tertiary/aromatic N) is 2. The number of rotatable bonds is 5. The monoisotopic (exact) mass is 287 g/mol. The third kappa shape index (κ3) is 3.62. The van der Waals surface area contributed by atoms with Gasteiger partial charge in [0.05, 0.1) is 12.0 Å². The number of aromatic hydroxyl groups is 1. The Labute approximate surface area is 124 Å². The van der Waals surface area contributed by atoms with Crippen LogP contribution in [0.15, 0.2) is 42.7 Å². The van der Waals surface area contributed by atoms with Crippen molar-refractivity contribution in [1.29, 1.82) is 0 Å². The van der Waals surface area contributed by atoms with Crippen LogP contribution >= 0.6 is 0 Å². The molecule has 1 heterocycles. The molecule has 1 atom stereocenters. The van der Waals surface area contributed by atoms with Crippen molar-refractivity contribution in [3.05, 3.63) is 48.3 Å². The Kier molecular flexibility index (Phi) is 4.31. The van der Waals surface area contributed by atoms with Crippen LogP contribution in [0.25, 0.3) is 0 Å². The highest BCUT2D eigenvalue weighted by Gasteiger charge is 2.30. The van der Waals surface area contributed by atoms with Gasteiger partial charge in [-0.15, -0.1) is 0 Å². The van der Waals surface area contributed by atoms with Crippen molar-refractivity contribution in [3.8, 4) is 5.75 Å². The molecule has 2 rings (SSSR count). The second-order valence-electron chi connectivity index (χ2n) is 5.77. The summed E-state index contributed by atoms with van der Waals surface area (Å²) in [4.78, 5) is 12.5. The molecule has 0 saturated heterocycles. The first-order chi connectivity index (χ1) is 9.89. The minimum Gasteiger partial charge on any atom is -0.508 e. The maximum absolute atomic E-state index is 12.5. The standard InChI is InChI=1S/C16H21N3O2/c1-12(11-19-10-4-9-17-19)18-15(21)16(2,3)13-5-7-14(20)8-6-13/h4-10,12,20H,11H2,1-3H3,(H,18,21)/t12-/m1/s1. The van der Waals surface area contributed by atoms with Crippen molar-refractivity contribution in [2.45, 2.75) is 38.8 Å². The van der Waals surface area contributed by atoms with E-state index in [0.717, 1.165) is 5.56 Å². The minimum absolute atomic E-state index is 0.0196. The van der Waals surface area contributed by atoms with E-state index < -0.39 is 5.41 Å². The summed E-state index contributed by atoms with van der Waals surface area (Å²) in [6.07, 6.45) is 3.59. The molecule has 1 amide bonds. The van der Waals surface area contributed by atoms with E-state index in [9.17, 15) is 9.90 Å². The zero-order valence-electron chi connectivity index (χ0n) is 12.6. The summed E-state index contributed by atoms with van der Waals surface area (Å²) in [6, 6.07) is 8.57. The van der Waals surface area contributed by atoms with Gasteiger partial charge in [0.2, 0.25) is 5.91 Å². The van der Waals surface area contributed by atoms with E-state index in [4.69, 9.17) is 0 Å². The van der Waals surface area contributed by atoms with Gasteiger partial charge in [0.15, 0.2) is 0 Å². The first-order valence-electron chi connectivity index (χ1n) is 6.97. The van der Waals surface area contributed by atoms with Gasteiger partial charge in [0, 0.05) is 18.4 Å². The highest BCUT2D eigenvalue weighted by molar-refractivity contribution is 5.87. The van der Waals surface area contributed by atoms with Gasteiger partial charge in [0.1, 0.15) is 5.75 Å². The molecule has 0 unspecified atom stereocenters. The fourth-order valence-electron chi connectivity index (χ4n) is 2.15. The quantitative estimate of drug-likeness (QED) is 0.884. The van der Waals surface area contributed by atoms with Crippen LogP contribution in [0.5, 0.6) is 5.75 Å². The Balaban J connectivity index is 2.02. The maximum Gasteiger partial charge on any atom is 0.230 e. The van der Waals surface area contributed by atoms with Crippen molar-refractivity contribution in [2.24, 2.45) is 0 Å². The van der Waals surface area contributed by atoms with Crippen molar-refractivity contribution in [1.82, 2.24) is 15.1 Å². The summed E-state index contributed by atoms with van der Waals surface area (Å²) in [5, 5.41) is 16.5. The summed E-state index contributed by atoms with van der Waals surface area (Å²) in [7, 11) is 0. The topological polar surface area (TPSA) is 67.2 Å². The number of aromatic nitrogens is 2. The van der Waals surface area contributed by atoms with Crippen LogP contribution in [-0.2, 0) is 16.8 Å². The third-order valence-electron chi connectivity index (χ3n) is 3.55. The molecular weight excluding hydrogens is 266 g/mol. The normalized spacial score (nSPS) is 12.9. The fraction of sp³-hybridized carbons (Fsp3) is 0.375. The number of carbonyl (C=O) groups excluding carboxylic acids is 1. The number of carbonyl (C=O) groups is 1. The number of hydrogen-bond acceptors (Lipinski definition) is 3. The smallest absolute Gasteiger partial charge is 0.230 e. The van der Waals surface area contributed by atoms with E-state index in [1.165, 1.54) is 0 Å². The Hall–Kier alpha value is -2.30. The number of benzene rings is 1. The van der Waals surface area contributed by atoms with E-state index in [1.54, 1.807) is 35.1 Å². The van der Waals surface area contributed by atoms with E-state index in [-0.39, 0.29) is 17.7 Å². The van der Waals surface area contributed by atoms with Gasteiger partial charge in [-0.05, 0) is 44.5 Å².